The highest BCUT2D eigenvalue weighted by atomic mass is 16.5. The molecule has 0 aliphatic carbocycles. The maximum Gasteiger partial charge on any atom is 0.0518 e. The van der Waals surface area contributed by atoms with Gasteiger partial charge in [0, 0.05) is 18.1 Å². The molecule has 0 N–H and O–H groups in total. The molecule has 0 atom stereocenters. The molecule has 0 bridgehead atoms. The van der Waals surface area contributed by atoms with Crippen LogP contribution in [-0.2, 0) is 4.74 Å². The lowest BCUT2D eigenvalue weighted by molar-refractivity contribution is 0.0782. The molecule has 58 valence electrons. The lowest BCUT2D eigenvalue weighted by Gasteiger charge is -2.04. The summed E-state index contributed by atoms with van der Waals surface area (Å²) in [7, 11) is 0. The third kappa shape index (κ3) is 7.27. The van der Waals surface area contributed by atoms with E-state index in [1.165, 1.54) is 0 Å². The topological polar surface area (TPSA) is 58.0 Å². The minimum Gasteiger partial charge on any atom is -0.379 e. The van der Waals surface area contributed by atoms with E-state index < -0.39 is 0 Å². The summed E-state index contributed by atoms with van der Waals surface area (Å²) in [4.78, 5) is 2.62. The Balaban J connectivity index is 2.98. The summed E-state index contributed by atoms with van der Waals surface area (Å²) >= 11 is 0. The molecule has 0 fully saturated rings. The molecular weight excluding hydrogens is 130 g/mol. The Bertz CT molecular complexity index is 118. The second-order valence-corrected chi connectivity index (χ2v) is 2.23. The fraction of sp³-hybridized carbons (Fsp3) is 1.00. The van der Waals surface area contributed by atoms with Crippen molar-refractivity contribution in [1.82, 2.24) is 0 Å². The summed E-state index contributed by atoms with van der Waals surface area (Å²) < 4.78 is 5.21. The van der Waals surface area contributed by atoms with E-state index in [-0.39, 0.29) is 6.10 Å². The van der Waals surface area contributed by atoms with E-state index in [1.54, 1.807) is 0 Å². The van der Waals surface area contributed by atoms with E-state index >= 15 is 0 Å². The van der Waals surface area contributed by atoms with Gasteiger partial charge in [0.25, 0.3) is 0 Å². The predicted octanol–water partition coefficient (Wildman–Crippen LogP) is 2.11. The van der Waals surface area contributed by atoms with Crippen molar-refractivity contribution in [3.63, 3.8) is 0 Å². The van der Waals surface area contributed by atoms with E-state index in [1.807, 2.05) is 13.8 Å². The average molecular weight is 143 g/mol. The molecule has 0 aliphatic rings. The fourth-order valence-electron chi connectivity index (χ4n) is 0.499. The Morgan fingerprint density at radius 2 is 2.30 bits per heavy atom. The molecular formula is C6H13N3O. The van der Waals surface area contributed by atoms with Crippen LogP contribution in [0.4, 0.5) is 0 Å². The number of hydrogen-bond acceptors (Lipinski definition) is 2. The van der Waals surface area contributed by atoms with Crippen molar-refractivity contribution in [3.8, 4) is 0 Å². The van der Waals surface area contributed by atoms with Gasteiger partial charge in [0.1, 0.15) is 0 Å². The zero-order chi connectivity index (χ0) is 7.82. The van der Waals surface area contributed by atoms with E-state index in [0.717, 1.165) is 6.42 Å². The molecule has 0 amide bonds. The third-order valence-electron chi connectivity index (χ3n) is 0.917. The van der Waals surface area contributed by atoms with Crippen LogP contribution in [0.15, 0.2) is 5.11 Å². The first-order valence-corrected chi connectivity index (χ1v) is 3.40. The Kier molecular flexibility index (Phi) is 5.92. The SMILES string of the molecule is CC(C)OCCCN=[N+]=[N-]. The van der Waals surface area contributed by atoms with Crippen molar-refractivity contribution in [2.75, 3.05) is 13.2 Å². The number of azide groups is 1. The first kappa shape index (κ1) is 9.27. The molecule has 4 nitrogen and oxygen atoms in total. The Morgan fingerprint density at radius 3 is 2.80 bits per heavy atom. The van der Waals surface area contributed by atoms with Crippen LogP contribution in [0.3, 0.4) is 0 Å². The monoisotopic (exact) mass is 143 g/mol. The summed E-state index contributed by atoms with van der Waals surface area (Å²) in [6, 6.07) is 0. The van der Waals surface area contributed by atoms with Crippen LogP contribution in [-0.4, -0.2) is 19.3 Å². The number of ether oxygens (including phenoxy) is 1. The van der Waals surface area contributed by atoms with Crippen LogP contribution in [0.1, 0.15) is 20.3 Å². The lowest BCUT2D eigenvalue weighted by Crippen LogP contribution is -2.04. The quantitative estimate of drug-likeness (QED) is 0.251. The van der Waals surface area contributed by atoms with Crippen LogP contribution >= 0.6 is 0 Å². The van der Waals surface area contributed by atoms with Gasteiger partial charge in [0.15, 0.2) is 0 Å². The van der Waals surface area contributed by atoms with Gasteiger partial charge in [-0.3, -0.25) is 0 Å². The van der Waals surface area contributed by atoms with Gasteiger partial charge in [0.05, 0.1) is 6.10 Å². The van der Waals surface area contributed by atoms with E-state index in [9.17, 15) is 0 Å². The van der Waals surface area contributed by atoms with Crippen molar-refractivity contribution in [1.29, 1.82) is 0 Å². The molecule has 0 aromatic carbocycles. The number of rotatable bonds is 5. The van der Waals surface area contributed by atoms with Crippen LogP contribution in [0, 0.1) is 0 Å². The molecule has 0 radical (unpaired) electrons. The van der Waals surface area contributed by atoms with Crippen LogP contribution in [0.5, 0.6) is 0 Å². The summed E-state index contributed by atoms with van der Waals surface area (Å²) in [5.41, 5.74) is 7.89. The third-order valence-corrected chi connectivity index (χ3v) is 0.917. The van der Waals surface area contributed by atoms with Crippen molar-refractivity contribution in [2.24, 2.45) is 5.11 Å². The van der Waals surface area contributed by atoms with Crippen molar-refractivity contribution < 1.29 is 4.74 Å². The van der Waals surface area contributed by atoms with Crippen molar-refractivity contribution in [2.45, 2.75) is 26.4 Å². The van der Waals surface area contributed by atoms with Gasteiger partial charge in [-0.25, -0.2) is 0 Å². The highest BCUT2D eigenvalue weighted by molar-refractivity contribution is 4.46. The van der Waals surface area contributed by atoms with Gasteiger partial charge in [0.2, 0.25) is 0 Å². The summed E-state index contributed by atoms with van der Waals surface area (Å²) in [5.74, 6) is 0. The van der Waals surface area contributed by atoms with Crippen LogP contribution < -0.4 is 0 Å². The van der Waals surface area contributed by atoms with E-state index in [0.29, 0.717) is 13.2 Å². The van der Waals surface area contributed by atoms with E-state index in [4.69, 9.17) is 10.3 Å². The smallest absolute Gasteiger partial charge is 0.0518 e. The standard InChI is InChI=1S/C6H13N3O/c1-6(2)10-5-3-4-8-9-7/h6H,3-5H2,1-2H3. The van der Waals surface area contributed by atoms with Crippen molar-refractivity contribution in [3.05, 3.63) is 10.4 Å². The Labute approximate surface area is 60.8 Å². The zero-order valence-corrected chi connectivity index (χ0v) is 6.45. The molecule has 0 spiro atoms. The predicted molar refractivity (Wildman–Crippen MR) is 39.7 cm³/mol. The minimum atomic E-state index is 0.270. The molecule has 10 heavy (non-hydrogen) atoms. The average Bonchev–Trinajstić information content (AvgIpc) is 1.87. The van der Waals surface area contributed by atoms with Gasteiger partial charge < -0.3 is 4.74 Å². The second kappa shape index (κ2) is 6.39. The first-order valence-electron chi connectivity index (χ1n) is 3.40. The summed E-state index contributed by atoms with van der Waals surface area (Å²) in [6.07, 6.45) is 1.08. The van der Waals surface area contributed by atoms with Crippen LogP contribution in [0.2, 0.25) is 0 Å². The number of nitrogens with zero attached hydrogens (tertiary/aromatic N) is 3. The Hall–Kier alpha value is -0.730. The maximum atomic E-state index is 7.89. The Morgan fingerprint density at radius 1 is 1.60 bits per heavy atom. The van der Waals surface area contributed by atoms with E-state index in [2.05, 4.69) is 10.0 Å². The van der Waals surface area contributed by atoms with Gasteiger partial charge in [-0.05, 0) is 25.8 Å². The fourth-order valence-corrected chi connectivity index (χ4v) is 0.499. The molecule has 0 unspecified atom stereocenters. The zero-order valence-electron chi connectivity index (χ0n) is 6.45. The van der Waals surface area contributed by atoms with Gasteiger partial charge in [-0.15, -0.1) is 0 Å². The van der Waals surface area contributed by atoms with Crippen molar-refractivity contribution >= 4 is 0 Å². The molecule has 0 saturated heterocycles. The molecule has 0 aromatic rings. The first-order chi connectivity index (χ1) is 4.77. The molecule has 0 aliphatic heterocycles. The molecule has 0 saturated carbocycles. The highest BCUT2D eigenvalue weighted by Crippen LogP contribution is 1.90. The normalized spacial score (nSPS) is 9.50. The second-order valence-electron chi connectivity index (χ2n) is 2.23. The largest absolute Gasteiger partial charge is 0.379 e. The van der Waals surface area contributed by atoms with Gasteiger partial charge in [-0.1, -0.05) is 5.11 Å². The summed E-state index contributed by atoms with van der Waals surface area (Å²) in [5, 5.41) is 3.37. The maximum absolute atomic E-state index is 7.89. The molecule has 4 heteroatoms. The molecule has 0 aromatic heterocycles. The highest BCUT2D eigenvalue weighted by Gasteiger charge is 1.90. The lowest BCUT2D eigenvalue weighted by atomic mass is 10.4. The molecule has 0 heterocycles. The summed E-state index contributed by atoms with van der Waals surface area (Å²) in [6.45, 7) is 5.17. The van der Waals surface area contributed by atoms with Gasteiger partial charge in [-0.2, -0.15) is 0 Å². The van der Waals surface area contributed by atoms with Crippen LogP contribution in [0.25, 0.3) is 10.4 Å². The minimum absolute atomic E-state index is 0.270. The van der Waals surface area contributed by atoms with Gasteiger partial charge >= 0.3 is 0 Å². The number of hydrogen-bond donors (Lipinski definition) is 0. The molecule has 0 rings (SSSR count).